The topological polar surface area (TPSA) is 0 Å². The van der Waals surface area contributed by atoms with Crippen LogP contribution in [0.3, 0.4) is 0 Å². The van der Waals surface area contributed by atoms with Gasteiger partial charge < -0.3 is 0 Å². The largest absolute Gasteiger partial charge is 0.409 e. The lowest BCUT2D eigenvalue weighted by atomic mass is 9.79. The number of halogens is 5. The van der Waals surface area contributed by atoms with Gasteiger partial charge in [-0.25, -0.2) is 0 Å². The van der Waals surface area contributed by atoms with Gasteiger partial charge in [0.15, 0.2) is 0 Å². The van der Waals surface area contributed by atoms with E-state index in [-0.39, 0.29) is 21.7 Å². The summed E-state index contributed by atoms with van der Waals surface area (Å²) in [6.45, 7) is 2.24. The van der Waals surface area contributed by atoms with Crippen molar-refractivity contribution < 1.29 is 13.2 Å². The zero-order valence-electron chi connectivity index (χ0n) is 11.7. The third kappa shape index (κ3) is 4.65. The van der Waals surface area contributed by atoms with E-state index in [4.69, 9.17) is 23.2 Å². The van der Waals surface area contributed by atoms with Crippen LogP contribution < -0.4 is 0 Å². The molecule has 1 aromatic rings. The van der Waals surface area contributed by atoms with Crippen LogP contribution in [0.4, 0.5) is 13.2 Å². The highest BCUT2D eigenvalue weighted by Gasteiger charge is 2.23. The van der Waals surface area contributed by atoms with Crippen LogP contribution in [0.2, 0.25) is 10.0 Å². The van der Waals surface area contributed by atoms with Crippen molar-refractivity contribution in [3.63, 3.8) is 0 Å². The van der Waals surface area contributed by atoms with Crippen molar-refractivity contribution >= 4 is 29.3 Å². The third-order valence-electron chi connectivity index (χ3n) is 4.03. The average molecular weight is 337 g/mol. The predicted octanol–water partition coefficient (Wildman–Crippen LogP) is 6.86. The first-order valence-electron chi connectivity index (χ1n) is 7.01. The standard InChI is InChI=1S/C16H17Cl2F3/c1-10-2-4-11(5-3-10)12-8-14(17)13(15(18)9-12)6-7-16(19,20)21/h6-11H,2-5H2,1H3/b7-6+. The summed E-state index contributed by atoms with van der Waals surface area (Å²) in [6, 6.07) is 3.51. The molecule has 1 fully saturated rings. The molecular formula is C16H17Cl2F3. The molecule has 116 valence electrons. The van der Waals surface area contributed by atoms with E-state index < -0.39 is 6.18 Å². The van der Waals surface area contributed by atoms with E-state index >= 15 is 0 Å². The Morgan fingerprint density at radius 3 is 2.05 bits per heavy atom. The van der Waals surface area contributed by atoms with Crippen LogP contribution in [-0.4, -0.2) is 6.18 Å². The Bertz CT molecular complexity index is 504. The fourth-order valence-electron chi connectivity index (χ4n) is 2.77. The van der Waals surface area contributed by atoms with Crippen molar-refractivity contribution in [2.75, 3.05) is 0 Å². The third-order valence-corrected chi connectivity index (χ3v) is 4.65. The maximum Gasteiger partial charge on any atom is 0.409 e. The molecule has 0 atom stereocenters. The molecule has 0 nitrogen and oxygen atoms in total. The summed E-state index contributed by atoms with van der Waals surface area (Å²) in [5, 5.41) is 0.549. The van der Waals surface area contributed by atoms with Crippen molar-refractivity contribution in [1.82, 2.24) is 0 Å². The van der Waals surface area contributed by atoms with Gasteiger partial charge in [-0.15, -0.1) is 0 Å². The van der Waals surface area contributed by atoms with Gasteiger partial charge in [-0.05, 0) is 48.4 Å². The minimum absolute atomic E-state index is 0.155. The van der Waals surface area contributed by atoms with Gasteiger partial charge in [0.1, 0.15) is 0 Å². The lowest BCUT2D eigenvalue weighted by Gasteiger charge is -2.27. The van der Waals surface area contributed by atoms with Crippen molar-refractivity contribution in [3.05, 3.63) is 39.4 Å². The number of benzene rings is 1. The molecule has 0 heterocycles. The zero-order chi connectivity index (χ0) is 15.6. The minimum Gasteiger partial charge on any atom is -0.167 e. The van der Waals surface area contributed by atoms with Crippen LogP contribution in [0, 0.1) is 5.92 Å². The van der Waals surface area contributed by atoms with Crippen molar-refractivity contribution in [2.45, 2.75) is 44.7 Å². The number of rotatable bonds is 2. The predicted molar refractivity (Wildman–Crippen MR) is 81.9 cm³/mol. The van der Waals surface area contributed by atoms with E-state index in [0.717, 1.165) is 43.2 Å². The van der Waals surface area contributed by atoms with E-state index in [0.29, 0.717) is 5.92 Å². The van der Waals surface area contributed by atoms with Crippen LogP contribution in [0.15, 0.2) is 18.2 Å². The summed E-state index contributed by atoms with van der Waals surface area (Å²) < 4.78 is 36.7. The summed E-state index contributed by atoms with van der Waals surface area (Å²) >= 11 is 12.2. The molecule has 1 saturated carbocycles. The molecule has 21 heavy (non-hydrogen) atoms. The Morgan fingerprint density at radius 2 is 1.57 bits per heavy atom. The molecule has 0 unspecified atom stereocenters. The molecule has 0 N–H and O–H groups in total. The summed E-state index contributed by atoms with van der Waals surface area (Å²) in [5.41, 5.74) is 1.25. The second-order valence-electron chi connectivity index (χ2n) is 5.73. The second kappa shape index (κ2) is 6.62. The van der Waals surface area contributed by atoms with Gasteiger partial charge in [-0.3, -0.25) is 0 Å². The van der Waals surface area contributed by atoms with Gasteiger partial charge in [0.2, 0.25) is 0 Å². The Morgan fingerprint density at radius 1 is 1.05 bits per heavy atom. The number of alkyl halides is 3. The maximum atomic E-state index is 12.2. The quantitative estimate of drug-likeness (QED) is 0.553. The van der Waals surface area contributed by atoms with Gasteiger partial charge in [0, 0.05) is 21.7 Å². The van der Waals surface area contributed by atoms with Gasteiger partial charge >= 0.3 is 6.18 Å². The summed E-state index contributed by atoms with van der Waals surface area (Å²) in [5.74, 6) is 1.14. The fraction of sp³-hybridized carbons (Fsp3) is 0.500. The highest BCUT2D eigenvalue weighted by molar-refractivity contribution is 6.37. The van der Waals surface area contributed by atoms with Gasteiger partial charge in [0.05, 0.1) is 0 Å². The molecule has 0 bridgehead atoms. The van der Waals surface area contributed by atoms with Crippen molar-refractivity contribution in [2.24, 2.45) is 5.92 Å². The van der Waals surface area contributed by atoms with E-state index in [2.05, 4.69) is 6.92 Å². The molecule has 1 aliphatic carbocycles. The first-order chi connectivity index (χ1) is 9.76. The van der Waals surface area contributed by atoms with Crippen LogP contribution in [0.5, 0.6) is 0 Å². The fourth-order valence-corrected chi connectivity index (χ4v) is 3.40. The molecule has 0 saturated heterocycles. The Kier molecular flexibility index (Phi) is 5.26. The van der Waals surface area contributed by atoms with Crippen molar-refractivity contribution in [1.29, 1.82) is 0 Å². The molecule has 0 aliphatic heterocycles. The smallest absolute Gasteiger partial charge is 0.167 e. The normalized spacial score (nSPS) is 23.7. The molecule has 0 radical (unpaired) electrons. The molecule has 5 heteroatoms. The number of hydrogen-bond donors (Lipinski definition) is 0. The minimum atomic E-state index is -4.37. The van der Waals surface area contributed by atoms with E-state index in [1.54, 1.807) is 12.1 Å². The highest BCUT2D eigenvalue weighted by atomic mass is 35.5. The monoisotopic (exact) mass is 336 g/mol. The molecule has 0 spiro atoms. The van der Waals surface area contributed by atoms with Crippen LogP contribution in [0.1, 0.15) is 49.7 Å². The first kappa shape index (κ1) is 16.7. The highest BCUT2D eigenvalue weighted by Crippen LogP contribution is 2.39. The average Bonchev–Trinajstić information content (AvgIpc) is 2.37. The molecular weight excluding hydrogens is 320 g/mol. The van der Waals surface area contributed by atoms with E-state index in [1.165, 1.54) is 0 Å². The van der Waals surface area contributed by atoms with E-state index in [1.807, 2.05) is 0 Å². The molecule has 2 rings (SSSR count). The van der Waals surface area contributed by atoms with Crippen molar-refractivity contribution in [3.8, 4) is 0 Å². The summed E-state index contributed by atoms with van der Waals surface area (Å²) in [7, 11) is 0. The Labute approximate surface area is 132 Å². The van der Waals surface area contributed by atoms with Crippen LogP contribution in [-0.2, 0) is 0 Å². The van der Waals surface area contributed by atoms with E-state index in [9.17, 15) is 13.2 Å². The first-order valence-corrected chi connectivity index (χ1v) is 7.77. The van der Waals surface area contributed by atoms with Gasteiger partial charge in [-0.2, -0.15) is 13.2 Å². The molecule has 0 amide bonds. The van der Waals surface area contributed by atoms with Crippen LogP contribution >= 0.6 is 23.2 Å². The number of hydrogen-bond acceptors (Lipinski definition) is 0. The molecule has 0 aromatic heterocycles. The Hall–Kier alpha value is -0.670. The summed E-state index contributed by atoms with van der Waals surface area (Å²) in [6.07, 6.45) is 1.19. The van der Waals surface area contributed by atoms with Gasteiger partial charge in [0.25, 0.3) is 0 Å². The SMILES string of the molecule is CC1CCC(c2cc(Cl)c(/C=C/C(F)(F)F)c(Cl)c2)CC1. The summed E-state index contributed by atoms with van der Waals surface area (Å²) in [4.78, 5) is 0. The van der Waals surface area contributed by atoms with Crippen LogP contribution in [0.25, 0.3) is 6.08 Å². The molecule has 1 aliphatic rings. The lowest BCUT2D eigenvalue weighted by molar-refractivity contribution is -0.0790. The van der Waals surface area contributed by atoms with Gasteiger partial charge in [-0.1, -0.05) is 43.0 Å². The zero-order valence-corrected chi connectivity index (χ0v) is 13.2. The lowest BCUT2D eigenvalue weighted by Crippen LogP contribution is -2.11. The Balaban J connectivity index is 2.23. The number of allylic oxidation sites excluding steroid dienone is 1. The maximum absolute atomic E-state index is 12.2. The molecule has 1 aromatic carbocycles. The second-order valence-corrected chi connectivity index (χ2v) is 6.54.